The van der Waals surface area contributed by atoms with Crippen molar-refractivity contribution < 1.29 is 33.5 Å². The van der Waals surface area contributed by atoms with E-state index in [0.29, 0.717) is 12.8 Å². The van der Waals surface area contributed by atoms with Crippen molar-refractivity contribution in [3.05, 3.63) is 48.6 Å². The summed E-state index contributed by atoms with van der Waals surface area (Å²) in [6.45, 7) is 15.3. The van der Waals surface area contributed by atoms with E-state index < -0.39 is 65.1 Å². The van der Waals surface area contributed by atoms with Gasteiger partial charge in [0.15, 0.2) is 0 Å². The van der Waals surface area contributed by atoms with Crippen LogP contribution in [-0.4, -0.2) is 77.7 Å². The summed E-state index contributed by atoms with van der Waals surface area (Å²) in [5, 5.41) is 10.9. The Bertz CT molecular complexity index is 1350. The van der Waals surface area contributed by atoms with Crippen LogP contribution in [0.2, 0.25) is 0 Å². The van der Waals surface area contributed by atoms with Crippen LogP contribution in [0.4, 0.5) is 4.79 Å². The van der Waals surface area contributed by atoms with Gasteiger partial charge in [0.05, 0.1) is 6.04 Å². The van der Waals surface area contributed by atoms with Gasteiger partial charge < -0.3 is 30.9 Å². The predicted octanol–water partition coefficient (Wildman–Crippen LogP) is 4.03. The summed E-state index contributed by atoms with van der Waals surface area (Å²) < 4.78 is 5.62. The number of hydrogen-bond donors (Lipinski definition) is 4. The summed E-state index contributed by atoms with van der Waals surface area (Å²) in [4.78, 5) is 82.3. The van der Waals surface area contributed by atoms with Crippen molar-refractivity contribution >= 4 is 35.5 Å². The second-order valence-corrected chi connectivity index (χ2v) is 14.9. The van der Waals surface area contributed by atoms with Crippen molar-refractivity contribution in [1.29, 1.82) is 0 Å². The smallest absolute Gasteiger partial charge is 0.329 e. The lowest BCUT2D eigenvalue weighted by atomic mass is 9.84. The third-order valence-electron chi connectivity index (χ3n) is 9.72. The summed E-state index contributed by atoms with van der Waals surface area (Å²) >= 11 is 0. The minimum atomic E-state index is -1.06. The maximum atomic E-state index is 14.4. The highest BCUT2D eigenvalue weighted by atomic mass is 16.5. The molecule has 2 fully saturated rings. The average Bonchev–Trinajstić information content (AvgIpc) is 3.78. The van der Waals surface area contributed by atoms with Crippen LogP contribution in [0.1, 0.15) is 92.1 Å². The first-order valence-electron chi connectivity index (χ1n) is 18.0. The SMILES string of the molecule is C=CCNC(=O)C(=O)C(CCC)NC(=O)[C@@H]1C(C(C)C)CCN1C(=O)[C@@H](NC(=O)N[C@H](C(=O)OCc1ccccc1)C1CCCC1)C(C)(C)C. The fourth-order valence-corrected chi connectivity index (χ4v) is 6.93. The fourth-order valence-electron chi connectivity index (χ4n) is 6.93. The molecule has 2 unspecified atom stereocenters. The Morgan fingerprint density at radius 3 is 2.22 bits per heavy atom. The minimum absolute atomic E-state index is 0.0261. The lowest BCUT2D eigenvalue weighted by molar-refractivity contribution is -0.148. The van der Waals surface area contributed by atoms with Gasteiger partial charge in [-0.2, -0.15) is 0 Å². The number of amides is 5. The number of nitrogens with one attached hydrogen (secondary N) is 4. The molecule has 5 atom stereocenters. The number of rotatable bonds is 16. The summed E-state index contributed by atoms with van der Waals surface area (Å²) in [7, 11) is 0. The van der Waals surface area contributed by atoms with Crippen LogP contribution in [0, 0.1) is 23.2 Å². The molecule has 1 aliphatic carbocycles. The van der Waals surface area contributed by atoms with E-state index in [1.807, 2.05) is 71.9 Å². The first kappa shape index (κ1) is 40.2. The number of Topliss-reactive ketones (excluding diaryl/α,β-unsaturated/α-hetero) is 1. The minimum Gasteiger partial charge on any atom is -0.459 e. The van der Waals surface area contributed by atoms with E-state index in [2.05, 4.69) is 27.8 Å². The molecule has 3 rings (SSSR count). The van der Waals surface area contributed by atoms with Crippen molar-refractivity contribution in [2.45, 2.75) is 117 Å². The lowest BCUT2D eigenvalue weighted by Crippen LogP contribution is -2.62. The number of likely N-dealkylation sites (tertiary alicyclic amines) is 1. The zero-order valence-corrected chi connectivity index (χ0v) is 30.6. The maximum Gasteiger partial charge on any atom is 0.329 e. The maximum absolute atomic E-state index is 14.4. The van der Waals surface area contributed by atoms with Gasteiger partial charge in [-0.15, -0.1) is 6.58 Å². The molecule has 1 aromatic rings. The molecule has 5 amide bonds. The van der Waals surface area contributed by atoms with Crippen LogP contribution in [-0.2, 0) is 35.3 Å². The van der Waals surface area contributed by atoms with Crippen LogP contribution in [0.3, 0.4) is 0 Å². The topological polar surface area (TPSA) is 163 Å². The summed E-state index contributed by atoms with van der Waals surface area (Å²) in [6.07, 6.45) is 6.23. The van der Waals surface area contributed by atoms with Crippen LogP contribution in [0.25, 0.3) is 0 Å². The molecule has 1 saturated carbocycles. The van der Waals surface area contributed by atoms with E-state index in [-0.39, 0.29) is 43.9 Å². The number of benzene rings is 1. The van der Waals surface area contributed by atoms with E-state index in [4.69, 9.17) is 4.74 Å². The number of nitrogens with zero attached hydrogens (tertiary/aromatic N) is 1. The molecule has 276 valence electrons. The number of esters is 1. The van der Waals surface area contributed by atoms with Gasteiger partial charge in [-0.05, 0) is 54.4 Å². The van der Waals surface area contributed by atoms with Crippen molar-refractivity contribution in [2.75, 3.05) is 13.1 Å². The molecule has 1 aliphatic heterocycles. The Morgan fingerprint density at radius 2 is 1.64 bits per heavy atom. The second kappa shape index (κ2) is 18.7. The molecule has 1 saturated heterocycles. The Labute approximate surface area is 296 Å². The molecule has 4 N–H and O–H groups in total. The highest BCUT2D eigenvalue weighted by molar-refractivity contribution is 6.38. The van der Waals surface area contributed by atoms with Crippen LogP contribution >= 0.6 is 0 Å². The van der Waals surface area contributed by atoms with Gasteiger partial charge in [0, 0.05) is 13.1 Å². The standard InChI is InChI=1S/C38H57N5O7/c1-8-15-28(31(44)34(46)39-21-9-2)40-33(45)30-27(24(3)4)20-22-43(30)35(47)32(38(5,6)7)42-37(49)41-29(26-18-13-14-19-26)36(48)50-23-25-16-11-10-12-17-25/h9-12,16-17,24,26-30,32H,2,8,13-15,18-23H2,1,3-7H3,(H,39,46)(H,40,45)(H2,41,42,49)/t27?,28?,29-,30-,32+/m0/s1. The molecule has 0 bridgehead atoms. The second-order valence-electron chi connectivity index (χ2n) is 14.9. The molecular formula is C38H57N5O7. The number of urea groups is 1. The van der Waals surface area contributed by atoms with E-state index in [1.165, 1.54) is 11.0 Å². The van der Waals surface area contributed by atoms with Gasteiger partial charge in [-0.25, -0.2) is 9.59 Å². The molecular weight excluding hydrogens is 638 g/mol. The predicted molar refractivity (Wildman–Crippen MR) is 190 cm³/mol. The van der Waals surface area contributed by atoms with Crippen LogP contribution in [0.15, 0.2) is 43.0 Å². The summed E-state index contributed by atoms with van der Waals surface area (Å²) in [5.74, 6) is -3.34. The number of ketones is 1. The Balaban J connectivity index is 1.80. The van der Waals surface area contributed by atoms with Crippen molar-refractivity contribution in [3.63, 3.8) is 0 Å². The van der Waals surface area contributed by atoms with Crippen molar-refractivity contribution in [3.8, 4) is 0 Å². The molecule has 2 aliphatic rings. The first-order chi connectivity index (χ1) is 23.7. The van der Waals surface area contributed by atoms with E-state index in [1.54, 1.807) is 0 Å². The van der Waals surface area contributed by atoms with Gasteiger partial charge in [-0.1, -0.05) is 97.2 Å². The normalized spacial score (nSPS) is 19.6. The van der Waals surface area contributed by atoms with Gasteiger partial charge in [0.25, 0.3) is 5.91 Å². The highest BCUT2D eigenvalue weighted by Crippen LogP contribution is 2.34. The summed E-state index contributed by atoms with van der Waals surface area (Å²) in [5.41, 5.74) is 0.0607. The number of ether oxygens (including phenoxy) is 1. The van der Waals surface area contributed by atoms with Gasteiger partial charge in [0.1, 0.15) is 24.7 Å². The Hall–Kier alpha value is -4.22. The van der Waals surface area contributed by atoms with Gasteiger partial charge >= 0.3 is 12.0 Å². The van der Waals surface area contributed by atoms with E-state index >= 15 is 0 Å². The zero-order chi connectivity index (χ0) is 37.0. The molecule has 1 heterocycles. The Morgan fingerprint density at radius 1 is 0.980 bits per heavy atom. The Kier molecular flexibility index (Phi) is 15.0. The average molecular weight is 696 g/mol. The number of carbonyl (C=O) groups excluding carboxylic acids is 6. The van der Waals surface area contributed by atoms with Gasteiger partial charge in [-0.3, -0.25) is 19.2 Å². The zero-order valence-electron chi connectivity index (χ0n) is 30.6. The third kappa shape index (κ3) is 10.9. The van der Waals surface area contributed by atoms with Crippen molar-refractivity contribution in [2.24, 2.45) is 23.2 Å². The van der Waals surface area contributed by atoms with E-state index in [0.717, 1.165) is 31.2 Å². The quantitative estimate of drug-likeness (QED) is 0.115. The monoisotopic (exact) mass is 695 g/mol. The van der Waals surface area contributed by atoms with E-state index in [9.17, 15) is 28.8 Å². The van der Waals surface area contributed by atoms with Crippen LogP contribution in [0.5, 0.6) is 0 Å². The van der Waals surface area contributed by atoms with Crippen molar-refractivity contribution in [1.82, 2.24) is 26.2 Å². The third-order valence-corrected chi connectivity index (χ3v) is 9.72. The molecule has 12 heteroatoms. The number of carbonyl (C=O) groups is 6. The van der Waals surface area contributed by atoms with Crippen LogP contribution < -0.4 is 21.3 Å². The molecule has 0 radical (unpaired) electrons. The van der Waals surface area contributed by atoms with Gasteiger partial charge in [0.2, 0.25) is 17.6 Å². The summed E-state index contributed by atoms with van der Waals surface area (Å²) in [6, 6.07) is 4.73. The molecule has 0 aromatic heterocycles. The number of hydrogen-bond acceptors (Lipinski definition) is 7. The first-order valence-corrected chi connectivity index (χ1v) is 18.0. The largest absolute Gasteiger partial charge is 0.459 e. The molecule has 1 aromatic carbocycles. The molecule has 0 spiro atoms. The lowest BCUT2D eigenvalue weighted by Gasteiger charge is -2.37. The molecule has 12 nitrogen and oxygen atoms in total. The highest BCUT2D eigenvalue weighted by Gasteiger charge is 2.48. The fraction of sp³-hybridized carbons (Fsp3) is 0.632. The molecule has 50 heavy (non-hydrogen) atoms.